The van der Waals surface area contributed by atoms with Crippen LogP contribution in [0, 0.1) is 0 Å². The van der Waals surface area contributed by atoms with Gasteiger partial charge in [0, 0.05) is 52.4 Å². The highest BCUT2D eigenvalue weighted by Crippen LogP contribution is 2.58. The molecule has 2 aromatic carbocycles. The van der Waals surface area contributed by atoms with Crippen molar-refractivity contribution in [2.24, 2.45) is 0 Å². The molecule has 0 radical (unpaired) electrons. The Hall–Kier alpha value is -4.35. The molecule has 0 fully saturated rings. The highest BCUT2D eigenvalue weighted by atomic mass is 16.4. The number of benzene rings is 2. The van der Waals surface area contributed by atoms with Crippen LogP contribution < -0.4 is 25.0 Å². The average molecular weight is 603 g/mol. The van der Waals surface area contributed by atoms with E-state index in [2.05, 4.69) is 0 Å². The van der Waals surface area contributed by atoms with Crippen LogP contribution in [0.15, 0.2) is 9.21 Å². The Labute approximate surface area is 252 Å². The molecule has 12 heteroatoms. The molecule has 0 aliphatic heterocycles. The second-order valence-electron chi connectivity index (χ2n) is 10.0. The van der Waals surface area contributed by atoms with Crippen LogP contribution in [0.25, 0.3) is 22.3 Å². The van der Waals surface area contributed by atoms with Crippen molar-refractivity contribution in [2.75, 3.05) is 72.0 Å². The predicted molar refractivity (Wildman–Crippen MR) is 172 cm³/mol. The number of phenols is 5. The molecule has 0 aliphatic carbocycles. The SMILES string of the molecule is CCN(CC)c1c(O)c(O)c(O)c(N(CC)CC)c1-c1oc2c(N(CC)CC)c(O)c(N(CC)CC)c(O)c2c(=O)c1O. The van der Waals surface area contributed by atoms with E-state index < -0.39 is 39.9 Å². The molecule has 0 unspecified atom stereocenters. The van der Waals surface area contributed by atoms with E-state index in [1.807, 2.05) is 55.4 Å². The summed E-state index contributed by atoms with van der Waals surface area (Å²) in [7, 11) is 0. The fourth-order valence-electron chi connectivity index (χ4n) is 5.80. The summed E-state index contributed by atoms with van der Waals surface area (Å²) >= 11 is 0. The molecule has 0 amide bonds. The van der Waals surface area contributed by atoms with Crippen LogP contribution in [0.2, 0.25) is 0 Å². The second-order valence-corrected chi connectivity index (χ2v) is 10.0. The van der Waals surface area contributed by atoms with E-state index in [-0.39, 0.29) is 45.0 Å². The molecule has 1 aromatic heterocycles. The number of aromatic hydroxyl groups is 6. The Kier molecular flexibility index (Phi) is 10.3. The Morgan fingerprint density at radius 2 is 0.837 bits per heavy atom. The summed E-state index contributed by atoms with van der Waals surface area (Å²) in [5, 5.41) is 67.4. The van der Waals surface area contributed by atoms with Gasteiger partial charge in [-0.1, -0.05) is 0 Å². The van der Waals surface area contributed by atoms with Crippen molar-refractivity contribution in [3.05, 3.63) is 10.2 Å². The van der Waals surface area contributed by atoms with Gasteiger partial charge in [-0.25, -0.2) is 0 Å². The lowest BCUT2D eigenvalue weighted by Crippen LogP contribution is -2.27. The average Bonchev–Trinajstić information content (AvgIpc) is 3.00. The molecule has 0 bridgehead atoms. The first-order valence-corrected chi connectivity index (χ1v) is 15.0. The molecule has 0 aliphatic rings. The summed E-state index contributed by atoms with van der Waals surface area (Å²) in [5.74, 6) is -4.14. The van der Waals surface area contributed by atoms with Gasteiger partial charge in [0.25, 0.3) is 0 Å². The summed E-state index contributed by atoms with van der Waals surface area (Å²) < 4.78 is 6.36. The minimum Gasteiger partial charge on any atom is -0.505 e. The Balaban J connectivity index is 2.75. The van der Waals surface area contributed by atoms with Crippen molar-refractivity contribution in [1.82, 2.24) is 0 Å². The van der Waals surface area contributed by atoms with Gasteiger partial charge in [0.2, 0.25) is 16.9 Å². The third-order valence-corrected chi connectivity index (χ3v) is 8.13. The molecular formula is C31H46N4O8. The van der Waals surface area contributed by atoms with Crippen LogP contribution in [-0.4, -0.2) is 83.0 Å². The summed E-state index contributed by atoms with van der Waals surface area (Å²) in [4.78, 5) is 20.9. The van der Waals surface area contributed by atoms with E-state index in [1.54, 1.807) is 19.6 Å². The highest BCUT2D eigenvalue weighted by molar-refractivity contribution is 6.06. The van der Waals surface area contributed by atoms with Gasteiger partial charge in [-0.2, -0.15) is 0 Å². The quantitative estimate of drug-likeness (QED) is 0.144. The first-order valence-electron chi connectivity index (χ1n) is 15.0. The molecule has 1 heterocycles. The van der Waals surface area contributed by atoms with Gasteiger partial charge in [-0.3, -0.25) is 4.79 Å². The molecule has 3 rings (SSSR count). The lowest BCUT2D eigenvalue weighted by atomic mass is 9.99. The molecule has 6 N–H and O–H groups in total. The lowest BCUT2D eigenvalue weighted by molar-refractivity contribution is 0.368. The molecule has 0 saturated carbocycles. The maximum absolute atomic E-state index is 14.0. The van der Waals surface area contributed by atoms with E-state index in [4.69, 9.17) is 4.42 Å². The maximum Gasteiger partial charge on any atom is 0.238 e. The van der Waals surface area contributed by atoms with Gasteiger partial charge in [-0.05, 0) is 55.4 Å². The van der Waals surface area contributed by atoms with E-state index in [9.17, 15) is 35.4 Å². The second kappa shape index (κ2) is 13.3. The van der Waals surface area contributed by atoms with Crippen LogP contribution in [0.5, 0.6) is 34.5 Å². The molecule has 43 heavy (non-hydrogen) atoms. The number of rotatable bonds is 13. The zero-order valence-electron chi connectivity index (χ0n) is 26.4. The Morgan fingerprint density at radius 3 is 1.23 bits per heavy atom. The minimum atomic E-state index is -0.960. The number of phenolic OH excluding ortho intramolecular Hbond substituents is 5. The molecule has 0 saturated heterocycles. The molecule has 0 spiro atoms. The van der Waals surface area contributed by atoms with Crippen molar-refractivity contribution in [3.63, 3.8) is 0 Å². The van der Waals surface area contributed by atoms with Crippen molar-refractivity contribution < 1.29 is 35.1 Å². The number of hydrogen-bond acceptors (Lipinski definition) is 12. The zero-order valence-corrected chi connectivity index (χ0v) is 26.4. The number of fused-ring (bicyclic) bond motifs is 1. The molecule has 3 aromatic rings. The fraction of sp³-hybridized carbons (Fsp3) is 0.516. The third kappa shape index (κ3) is 5.23. The van der Waals surface area contributed by atoms with Crippen LogP contribution in [0.3, 0.4) is 0 Å². The normalized spacial score (nSPS) is 11.3. The van der Waals surface area contributed by atoms with Crippen molar-refractivity contribution in [2.45, 2.75) is 55.4 Å². The first-order chi connectivity index (χ1) is 20.4. The van der Waals surface area contributed by atoms with Gasteiger partial charge in [0.05, 0.1) is 16.9 Å². The molecular weight excluding hydrogens is 556 g/mol. The first kappa shape index (κ1) is 33.2. The van der Waals surface area contributed by atoms with Gasteiger partial charge in [0.15, 0.2) is 34.3 Å². The molecule has 12 nitrogen and oxygen atoms in total. The number of hydrogen-bond donors (Lipinski definition) is 6. The van der Waals surface area contributed by atoms with Crippen LogP contribution in [0.4, 0.5) is 22.7 Å². The minimum absolute atomic E-state index is 0.0194. The summed E-state index contributed by atoms with van der Waals surface area (Å²) in [5.41, 5.74) is -0.872. The Morgan fingerprint density at radius 1 is 0.465 bits per heavy atom. The summed E-state index contributed by atoms with van der Waals surface area (Å²) in [6.45, 7) is 17.8. The highest BCUT2D eigenvalue weighted by Gasteiger charge is 2.35. The van der Waals surface area contributed by atoms with Crippen molar-refractivity contribution >= 4 is 33.7 Å². The third-order valence-electron chi connectivity index (χ3n) is 8.13. The predicted octanol–water partition coefficient (Wildman–Crippen LogP) is 5.08. The van der Waals surface area contributed by atoms with E-state index in [0.29, 0.717) is 52.4 Å². The Bertz CT molecular complexity index is 1480. The lowest BCUT2D eigenvalue weighted by Gasteiger charge is -2.32. The van der Waals surface area contributed by atoms with Crippen LogP contribution >= 0.6 is 0 Å². The standard InChI is InChI=1S/C31H46N4O8/c1-9-32(10-2)19-17(20(33(11-3)12-4)27(40)28(41)26(19)39)31-29(42)24(37)18-23(36)21(34(13-5)14-6)25(38)22(30(18)43-31)35(15-7)16-8/h36,38-42H,9-16H2,1-8H3. The van der Waals surface area contributed by atoms with Gasteiger partial charge < -0.3 is 54.7 Å². The van der Waals surface area contributed by atoms with Crippen LogP contribution in [-0.2, 0) is 0 Å². The van der Waals surface area contributed by atoms with Crippen molar-refractivity contribution in [1.29, 1.82) is 0 Å². The van der Waals surface area contributed by atoms with Crippen LogP contribution in [0.1, 0.15) is 55.4 Å². The maximum atomic E-state index is 14.0. The van der Waals surface area contributed by atoms with E-state index >= 15 is 0 Å². The van der Waals surface area contributed by atoms with Gasteiger partial charge >= 0.3 is 0 Å². The van der Waals surface area contributed by atoms with Crippen molar-refractivity contribution in [3.8, 4) is 45.8 Å². The van der Waals surface area contributed by atoms with E-state index in [1.165, 1.54) is 0 Å². The summed E-state index contributed by atoms with van der Waals surface area (Å²) in [6.07, 6.45) is 0. The monoisotopic (exact) mass is 602 g/mol. The van der Waals surface area contributed by atoms with E-state index in [0.717, 1.165) is 0 Å². The number of anilines is 4. The summed E-state index contributed by atoms with van der Waals surface area (Å²) in [6, 6.07) is 0. The molecule has 238 valence electrons. The largest absolute Gasteiger partial charge is 0.505 e. The smallest absolute Gasteiger partial charge is 0.238 e. The van der Waals surface area contributed by atoms with Gasteiger partial charge in [-0.15, -0.1) is 0 Å². The topological polar surface area (TPSA) is 165 Å². The zero-order chi connectivity index (χ0) is 32.3. The fourth-order valence-corrected chi connectivity index (χ4v) is 5.80. The molecule has 0 atom stereocenters. The van der Waals surface area contributed by atoms with Gasteiger partial charge in [0.1, 0.15) is 16.8 Å². The number of nitrogens with zero attached hydrogens (tertiary/aromatic N) is 4.